The summed E-state index contributed by atoms with van der Waals surface area (Å²) in [5.74, 6) is 1.49. The third-order valence-electron chi connectivity index (χ3n) is 4.98. The van der Waals surface area contributed by atoms with Crippen LogP contribution in [0.15, 0.2) is 23.0 Å². The number of rotatable bonds is 9. The van der Waals surface area contributed by atoms with Gasteiger partial charge in [0.15, 0.2) is 11.5 Å². The Balaban J connectivity index is 1.85. The van der Waals surface area contributed by atoms with Crippen LogP contribution >= 0.6 is 11.3 Å². The molecule has 31 heavy (non-hydrogen) atoms. The molecule has 1 N–H and O–H groups in total. The van der Waals surface area contributed by atoms with Crippen molar-refractivity contribution >= 4 is 27.5 Å². The Labute approximate surface area is 184 Å². The lowest BCUT2D eigenvalue weighted by molar-refractivity contribution is 0.0605. The molecule has 0 bridgehead atoms. The number of benzene rings is 1. The van der Waals surface area contributed by atoms with Gasteiger partial charge in [0.2, 0.25) is 0 Å². The highest BCUT2D eigenvalue weighted by Crippen LogP contribution is 2.29. The summed E-state index contributed by atoms with van der Waals surface area (Å²) >= 11 is 1.18. The van der Waals surface area contributed by atoms with E-state index in [0.717, 1.165) is 12.1 Å². The van der Waals surface area contributed by atoms with Crippen molar-refractivity contribution in [3.63, 3.8) is 0 Å². The van der Waals surface area contributed by atoms with Crippen LogP contribution in [0.5, 0.6) is 11.5 Å². The molecule has 9 heteroatoms. The van der Waals surface area contributed by atoms with Crippen molar-refractivity contribution in [1.29, 1.82) is 0 Å². The van der Waals surface area contributed by atoms with E-state index in [9.17, 15) is 9.59 Å². The molecule has 3 aromatic rings. The summed E-state index contributed by atoms with van der Waals surface area (Å²) in [5.41, 5.74) is 1.41. The smallest absolute Gasteiger partial charge is 0.348 e. The second kappa shape index (κ2) is 9.93. The van der Waals surface area contributed by atoms with Crippen LogP contribution in [0.1, 0.15) is 40.5 Å². The molecule has 0 amide bonds. The van der Waals surface area contributed by atoms with Gasteiger partial charge in [-0.1, -0.05) is 13.0 Å². The molecule has 166 valence electrons. The number of hydrogen-bond donors (Lipinski definition) is 1. The number of nitrogens with one attached hydrogen (secondary N) is 1. The van der Waals surface area contributed by atoms with E-state index in [1.165, 1.54) is 18.4 Å². The van der Waals surface area contributed by atoms with Gasteiger partial charge in [0.05, 0.1) is 32.8 Å². The molecule has 0 spiro atoms. The molecule has 0 radical (unpaired) electrons. The SMILES string of the molecule is CCOc1ccc(CN(CC)Cc2nc3sc(C(=O)OC)c(C)c3c(=O)[nH]2)cc1OC. The molecule has 0 fully saturated rings. The first-order valence-electron chi connectivity index (χ1n) is 10.0. The van der Waals surface area contributed by atoms with Crippen molar-refractivity contribution in [2.45, 2.75) is 33.9 Å². The number of aromatic amines is 1. The summed E-state index contributed by atoms with van der Waals surface area (Å²) in [7, 11) is 2.94. The normalized spacial score (nSPS) is 11.2. The Morgan fingerprint density at radius 2 is 1.97 bits per heavy atom. The number of fused-ring (bicyclic) bond motifs is 1. The molecular formula is C22H27N3O5S. The minimum absolute atomic E-state index is 0.248. The first-order valence-corrected chi connectivity index (χ1v) is 10.9. The summed E-state index contributed by atoms with van der Waals surface area (Å²) < 4.78 is 15.8. The van der Waals surface area contributed by atoms with Gasteiger partial charge in [-0.25, -0.2) is 9.78 Å². The van der Waals surface area contributed by atoms with E-state index in [2.05, 4.69) is 14.9 Å². The van der Waals surface area contributed by atoms with Gasteiger partial charge in [0.1, 0.15) is 15.5 Å². The number of methoxy groups -OCH3 is 2. The fraction of sp³-hybridized carbons (Fsp3) is 0.409. The second-order valence-electron chi connectivity index (χ2n) is 6.96. The van der Waals surface area contributed by atoms with Gasteiger partial charge >= 0.3 is 5.97 Å². The third kappa shape index (κ3) is 4.88. The molecule has 0 atom stereocenters. The fourth-order valence-corrected chi connectivity index (χ4v) is 4.50. The lowest BCUT2D eigenvalue weighted by Crippen LogP contribution is -2.25. The topological polar surface area (TPSA) is 93.7 Å². The van der Waals surface area contributed by atoms with Gasteiger partial charge in [0.25, 0.3) is 5.56 Å². The molecule has 1 aromatic carbocycles. The van der Waals surface area contributed by atoms with Crippen LogP contribution in [0.25, 0.3) is 10.2 Å². The Hall–Kier alpha value is -2.91. The van der Waals surface area contributed by atoms with Crippen LogP contribution in [0.3, 0.4) is 0 Å². The molecule has 0 saturated carbocycles. The highest BCUT2D eigenvalue weighted by atomic mass is 32.1. The minimum atomic E-state index is -0.457. The van der Waals surface area contributed by atoms with E-state index < -0.39 is 5.97 Å². The van der Waals surface area contributed by atoms with E-state index >= 15 is 0 Å². The molecule has 0 saturated heterocycles. The Morgan fingerprint density at radius 3 is 2.61 bits per heavy atom. The van der Waals surface area contributed by atoms with Gasteiger partial charge in [-0.3, -0.25) is 9.69 Å². The van der Waals surface area contributed by atoms with Crippen LogP contribution in [0, 0.1) is 6.92 Å². The van der Waals surface area contributed by atoms with E-state index in [1.54, 1.807) is 14.0 Å². The molecule has 2 heterocycles. The Bertz CT molecular complexity index is 1140. The maximum atomic E-state index is 12.7. The van der Waals surface area contributed by atoms with Crippen molar-refractivity contribution in [3.05, 3.63) is 50.4 Å². The lowest BCUT2D eigenvalue weighted by Gasteiger charge is -2.20. The summed E-state index contributed by atoms with van der Waals surface area (Å²) in [6, 6.07) is 5.86. The minimum Gasteiger partial charge on any atom is -0.493 e. The van der Waals surface area contributed by atoms with Crippen molar-refractivity contribution in [3.8, 4) is 11.5 Å². The molecule has 0 aliphatic carbocycles. The number of ether oxygens (including phenoxy) is 3. The number of nitrogens with zero attached hydrogens (tertiary/aromatic N) is 2. The average Bonchev–Trinajstić information content (AvgIpc) is 3.10. The molecule has 0 aliphatic heterocycles. The summed E-state index contributed by atoms with van der Waals surface area (Å²) in [5, 5.41) is 0.438. The van der Waals surface area contributed by atoms with E-state index in [4.69, 9.17) is 14.2 Å². The van der Waals surface area contributed by atoms with Crippen molar-refractivity contribution < 1.29 is 19.0 Å². The number of H-pyrrole nitrogens is 1. The predicted molar refractivity (Wildman–Crippen MR) is 120 cm³/mol. The van der Waals surface area contributed by atoms with Crippen LogP contribution in [0.4, 0.5) is 0 Å². The lowest BCUT2D eigenvalue weighted by atomic mass is 10.2. The van der Waals surface area contributed by atoms with Gasteiger partial charge in [-0.2, -0.15) is 0 Å². The fourth-order valence-electron chi connectivity index (χ4n) is 3.39. The quantitative estimate of drug-likeness (QED) is 0.504. The monoisotopic (exact) mass is 445 g/mol. The number of carbonyl (C=O) groups excluding carboxylic acids is 1. The molecule has 2 aromatic heterocycles. The second-order valence-corrected chi connectivity index (χ2v) is 7.96. The maximum absolute atomic E-state index is 12.7. The first-order chi connectivity index (χ1) is 14.9. The number of aromatic nitrogens is 2. The highest BCUT2D eigenvalue weighted by molar-refractivity contribution is 7.20. The Kier molecular flexibility index (Phi) is 7.29. The number of hydrogen-bond acceptors (Lipinski definition) is 8. The highest BCUT2D eigenvalue weighted by Gasteiger charge is 2.20. The van der Waals surface area contributed by atoms with Gasteiger partial charge in [0, 0.05) is 6.54 Å². The predicted octanol–water partition coefficient (Wildman–Crippen LogP) is 3.51. The number of thiophene rings is 1. The van der Waals surface area contributed by atoms with Gasteiger partial charge in [-0.05, 0) is 43.7 Å². The summed E-state index contributed by atoms with van der Waals surface area (Å²) in [6.45, 7) is 8.15. The molecule has 8 nitrogen and oxygen atoms in total. The van der Waals surface area contributed by atoms with Crippen LogP contribution in [-0.4, -0.2) is 48.2 Å². The number of carbonyl (C=O) groups is 1. The zero-order valence-electron chi connectivity index (χ0n) is 18.4. The van der Waals surface area contributed by atoms with E-state index in [-0.39, 0.29) is 5.56 Å². The van der Waals surface area contributed by atoms with Crippen LogP contribution < -0.4 is 15.0 Å². The van der Waals surface area contributed by atoms with Crippen molar-refractivity contribution in [1.82, 2.24) is 14.9 Å². The maximum Gasteiger partial charge on any atom is 0.348 e. The zero-order chi connectivity index (χ0) is 22.5. The average molecular weight is 446 g/mol. The third-order valence-corrected chi connectivity index (χ3v) is 6.14. The molecular weight excluding hydrogens is 418 g/mol. The summed E-state index contributed by atoms with van der Waals surface area (Å²) in [4.78, 5) is 35.2. The van der Waals surface area contributed by atoms with Crippen LogP contribution in [0.2, 0.25) is 0 Å². The van der Waals surface area contributed by atoms with Crippen LogP contribution in [-0.2, 0) is 17.8 Å². The zero-order valence-corrected chi connectivity index (χ0v) is 19.2. The molecule has 0 aliphatic rings. The summed E-state index contributed by atoms with van der Waals surface area (Å²) in [6.07, 6.45) is 0. The first kappa shape index (κ1) is 22.8. The largest absolute Gasteiger partial charge is 0.493 e. The van der Waals surface area contributed by atoms with Crippen molar-refractivity contribution in [2.24, 2.45) is 0 Å². The number of esters is 1. The van der Waals surface area contributed by atoms with E-state index in [0.29, 0.717) is 57.7 Å². The molecule has 3 rings (SSSR count). The van der Waals surface area contributed by atoms with E-state index in [1.807, 2.05) is 32.0 Å². The Morgan fingerprint density at radius 1 is 1.19 bits per heavy atom. The molecule has 0 unspecified atom stereocenters. The number of aryl methyl sites for hydroxylation is 1. The standard InChI is InChI=1S/C22H27N3O5S/c1-6-25(11-14-8-9-15(30-7-2)16(10-14)28-4)12-17-23-20(26)18-13(3)19(22(27)29-5)31-21(18)24-17/h8-10H,6-7,11-12H2,1-5H3,(H,23,24,26). The van der Waals surface area contributed by atoms with Crippen molar-refractivity contribution in [2.75, 3.05) is 27.4 Å². The van der Waals surface area contributed by atoms with Gasteiger partial charge < -0.3 is 19.2 Å². The van der Waals surface area contributed by atoms with Gasteiger partial charge in [-0.15, -0.1) is 11.3 Å².